The van der Waals surface area contributed by atoms with Gasteiger partial charge in [-0.2, -0.15) is 13.2 Å². The van der Waals surface area contributed by atoms with Gasteiger partial charge in [0.2, 0.25) is 0 Å². The number of carbonyl (C=O) groups is 1. The molecule has 0 aromatic heterocycles. The van der Waals surface area contributed by atoms with Gasteiger partial charge in [0.05, 0.1) is 19.3 Å². The van der Waals surface area contributed by atoms with Gasteiger partial charge in [0.1, 0.15) is 0 Å². The molecule has 1 aliphatic heterocycles. The fourth-order valence-corrected chi connectivity index (χ4v) is 1.22. The van der Waals surface area contributed by atoms with Crippen molar-refractivity contribution in [1.29, 1.82) is 0 Å². The number of carbonyl (C=O) groups excluding carboxylic acids is 1. The maximum Gasteiger partial charge on any atom is 0.422 e. The van der Waals surface area contributed by atoms with E-state index in [4.69, 9.17) is 4.74 Å². The van der Waals surface area contributed by atoms with Gasteiger partial charge in [0.25, 0.3) is 0 Å². The lowest BCUT2D eigenvalue weighted by molar-refractivity contribution is -0.163. The second-order valence-electron chi connectivity index (χ2n) is 3.30. The molecular formula is C8H12F3NO3. The highest BCUT2D eigenvalue weighted by Gasteiger charge is 2.31. The maximum absolute atomic E-state index is 11.7. The van der Waals surface area contributed by atoms with Crippen molar-refractivity contribution in [1.82, 2.24) is 4.90 Å². The first-order valence-corrected chi connectivity index (χ1v) is 4.48. The normalized spacial score (nSPS) is 22.7. The van der Waals surface area contributed by atoms with Crippen LogP contribution in [0.25, 0.3) is 0 Å². The second kappa shape index (κ2) is 4.69. The first kappa shape index (κ1) is 12.1. The van der Waals surface area contributed by atoms with Gasteiger partial charge >= 0.3 is 12.3 Å². The molecule has 0 aromatic carbocycles. The molecule has 0 bridgehead atoms. The van der Waals surface area contributed by atoms with Crippen LogP contribution in [0.15, 0.2) is 0 Å². The monoisotopic (exact) mass is 227 g/mol. The third-order valence-corrected chi connectivity index (χ3v) is 1.86. The van der Waals surface area contributed by atoms with Crippen molar-refractivity contribution in [2.45, 2.75) is 19.2 Å². The number of rotatable bonds is 1. The van der Waals surface area contributed by atoms with Crippen LogP contribution in [-0.4, -0.2) is 49.6 Å². The van der Waals surface area contributed by atoms with Gasteiger partial charge in [-0.3, -0.25) is 0 Å². The summed E-state index contributed by atoms with van der Waals surface area (Å²) in [5.41, 5.74) is 0. The van der Waals surface area contributed by atoms with Crippen molar-refractivity contribution in [3.8, 4) is 0 Å². The van der Waals surface area contributed by atoms with E-state index >= 15 is 0 Å². The van der Waals surface area contributed by atoms with Crippen LogP contribution in [0.5, 0.6) is 0 Å². The smallest absolute Gasteiger partial charge is 0.422 e. The largest absolute Gasteiger partial charge is 0.440 e. The van der Waals surface area contributed by atoms with Crippen LogP contribution in [0.1, 0.15) is 6.92 Å². The van der Waals surface area contributed by atoms with Gasteiger partial charge in [0.15, 0.2) is 6.61 Å². The summed E-state index contributed by atoms with van der Waals surface area (Å²) in [5.74, 6) is 0. The molecule has 0 aromatic rings. The zero-order valence-corrected chi connectivity index (χ0v) is 8.21. The van der Waals surface area contributed by atoms with E-state index < -0.39 is 18.9 Å². The third-order valence-electron chi connectivity index (χ3n) is 1.86. The molecule has 1 unspecified atom stereocenters. The summed E-state index contributed by atoms with van der Waals surface area (Å²) >= 11 is 0. The summed E-state index contributed by atoms with van der Waals surface area (Å²) in [5, 5.41) is 0. The highest BCUT2D eigenvalue weighted by molar-refractivity contribution is 5.67. The number of ether oxygens (including phenoxy) is 2. The molecule has 4 nitrogen and oxygen atoms in total. The van der Waals surface area contributed by atoms with Crippen molar-refractivity contribution in [3.05, 3.63) is 0 Å². The highest BCUT2D eigenvalue weighted by Crippen LogP contribution is 2.15. The second-order valence-corrected chi connectivity index (χ2v) is 3.30. The maximum atomic E-state index is 11.7. The van der Waals surface area contributed by atoms with Crippen molar-refractivity contribution in [2.24, 2.45) is 0 Å². The predicted molar refractivity (Wildman–Crippen MR) is 44.4 cm³/mol. The number of alkyl halides is 3. The van der Waals surface area contributed by atoms with Crippen LogP contribution in [-0.2, 0) is 9.47 Å². The Morgan fingerprint density at radius 2 is 2.27 bits per heavy atom. The van der Waals surface area contributed by atoms with Gasteiger partial charge in [-0.25, -0.2) is 4.79 Å². The summed E-state index contributed by atoms with van der Waals surface area (Å²) in [6.45, 7) is 1.04. The Kier molecular flexibility index (Phi) is 3.78. The van der Waals surface area contributed by atoms with Crippen LogP contribution in [0.2, 0.25) is 0 Å². The molecule has 1 rings (SSSR count). The molecule has 1 atom stereocenters. The number of amides is 1. The zero-order valence-electron chi connectivity index (χ0n) is 8.21. The van der Waals surface area contributed by atoms with Crippen molar-refractivity contribution >= 4 is 6.09 Å². The average molecular weight is 227 g/mol. The number of morpholine rings is 1. The lowest BCUT2D eigenvalue weighted by Gasteiger charge is -2.30. The molecule has 0 aliphatic carbocycles. The highest BCUT2D eigenvalue weighted by atomic mass is 19.4. The molecule has 1 aliphatic rings. The fourth-order valence-electron chi connectivity index (χ4n) is 1.22. The van der Waals surface area contributed by atoms with Crippen LogP contribution < -0.4 is 0 Å². The van der Waals surface area contributed by atoms with Gasteiger partial charge in [0, 0.05) is 6.54 Å². The van der Waals surface area contributed by atoms with Crippen LogP contribution >= 0.6 is 0 Å². The molecular weight excluding hydrogens is 215 g/mol. The SMILES string of the molecule is CC1CN(C(=O)OCC(F)(F)F)CCO1. The summed E-state index contributed by atoms with van der Waals surface area (Å²) < 4.78 is 44.5. The van der Waals surface area contributed by atoms with E-state index in [9.17, 15) is 18.0 Å². The Labute approximate surface area is 84.9 Å². The molecule has 0 spiro atoms. The summed E-state index contributed by atoms with van der Waals surface area (Å²) in [4.78, 5) is 12.3. The topological polar surface area (TPSA) is 38.8 Å². The lowest BCUT2D eigenvalue weighted by Crippen LogP contribution is -2.45. The molecule has 0 radical (unpaired) electrons. The molecule has 15 heavy (non-hydrogen) atoms. The van der Waals surface area contributed by atoms with Gasteiger partial charge in [-0.15, -0.1) is 0 Å². The first-order chi connectivity index (χ1) is 6.88. The summed E-state index contributed by atoms with van der Waals surface area (Å²) in [6.07, 6.45) is -5.59. The van der Waals surface area contributed by atoms with Crippen molar-refractivity contribution < 1.29 is 27.4 Å². The predicted octanol–water partition coefficient (Wildman–Crippen LogP) is 1.41. The van der Waals surface area contributed by atoms with Crippen LogP contribution in [0.3, 0.4) is 0 Å². The molecule has 1 saturated heterocycles. The Morgan fingerprint density at radius 1 is 1.60 bits per heavy atom. The van der Waals surface area contributed by atoms with E-state index in [0.29, 0.717) is 6.61 Å². The molecule has 1 heterocycles. The number of hydrogen-bond acceptors (Lipinski definition) is 3. The van der Waals surface area contributed by atoms with E-state index in [1.54, 1.807) is 6.92 Å². The average Bonchev–Trinajstić information content (AvgIpc) is 2.13. The summed E-state index contributed by atoms with van der Waals surface area (Å²) in [7, 11) is 0. The number of halogens is 3. The Hall–Kier alpha value is -0.980. The molecule has 0 saturated carbocycles. The van der Waals surface area contributed by atoms with Gasteiger partial charge in [-0.1, -0.05) is 0 Å². The quantitative estimate of drug-likeness (QED) is 0.679. The molecule has 1 fully saturated rings. The number of hydrogen-bond donors (Lipinski definition) is 0. The van der Waals surface area contributed by atoms with Crippen molar-refractivity contribution in [2.75, 3.05) is 26.3 Å². The molecule has 7 heteroatoms. The first-order valence-electron chi connectivity index (χ1n) is 4.48. The lowest BCUT2D eigenvalue weighted by atomic mass is 10.3. The van der Waals surface area contributed by atoms with E-state index in [0.717, 1.165) is 0 Å². The minimum atomic E-state index is -4.48. The standard InChI is InChI=1S/C8H12F3NO3/c1-6-4-12(2-3-14-6)7(13)15-5-8(9,10)11/h6H,2-5H2,1H3. The molecule has 88 valence electrons. The number of nitrogens with zero attached hydrogens (tertiary/aromatic N) is 1. The third kappa shape index (κ3) is 4.37. The van der Waals surface area contributed by atoms with E-state index in [1.807, 2.05) is 0 Å². The van der Waals surface area contributed by atoms with E-state index in [2.05, 4.69) is 4.74 Å². The van der Waals surface area contributed by atoms with Gasteiger partial charge in [-0.05, 0) is 6.92 Å². The van der Waals surface area contributed by atoms with Crippen LogP contribution in [0.4, 0.5) is 18.0 Å². The minimum absolute atomic E-state index is 0.169. The van der Waals surface area contributed by atoms with E-state index in [1.165, 1.54) is 4.90 Å². The Morgan fingerprint density at radius 3 is 2.80 bits per heavy atom. The fraction of sp³-hybridized carbons (Fsp3) is 0.875. The van der Waals surface area contributed by atoms with Crippen LogP contribution in [0, 0.1) is 0 Å². The molecule has 1 amide bonds. The van der Waals surface area contributed by atoms with Crippen molar-refractivity contribution in [3.63, 3.8) is 0 Å². The zero-order chi connectivity index (χ0) is 11.5. The van der Waals surface area contributed by atoms with E-state index in [-0.39, 0.29) is 19.2 Å². The summed E-state index contributed by atoms with van der Waals surface area (Å²) in [6, 6.07) is 0. The molecule has 0 N–H and O–H groups in total. The minimum Gasteiger partial charge on any atom is -0.440 e. The van der Waals surface area contributed by atoms with Gasteiger partial charge < -0.3 is 14.4 Å². The Balaban J connectivity index is 2.33. The Bertz CT molecular complexity index is 232.